The lowest BCUT2D eigenvalue weighted by Gasteiger charge is -2.19. The van der Waals surface area contributed by atoms with E-state index in [4.69, 9.17) is 16.3 Å². The SMILES string of the molecule is O=C(N[C@@H](Cc1cc(=O)[nH]c2ccccc12)C(=O)OCCSc1ccccc1)c1ccc(Cl)cc1. The fraction of sp³-hybridized carbons (Fsp3) is 0.148. The molecule has 0 aliphatic carbocycles. The molecule has 2 N–H and O–H groups in total. The van der Waals surface area contributed by atoms with E-state index in [1.165, 1.54) is 6.07 Å². The van der Waals surface area contributed by atoms with Crippen LogP contribution in [0.4, 0.5) is 0 Å². The van der Waals surface area contributed by atoms with E-state index in [1.807, 2.05) is 48.5 Å². The maximum Gasteiger partial charge on any atom is 0.329 e. The van der Waals surface area contributed by atoms with Crippen LogP contribution >= 0.6 is 23.4 Å². The van der Waals surface area contributed by atoms with E-state index in [0.717, 1.165) is 10.3 Å². The number of esters is 1. The van der Waals surface area contributed by atoms with Crippen LogP contribution in [-0.4, -0.2) is 35.3 Å². The van der Waals surface area contributed by atoms with E-state index in [-0.39, 0.29) is 18.6 Å². The largest absolute Gasteiger partial charge is 0.463 e. The van der Waals surface area contributed by atoms with Gasteiger partial charge in [0.25, 0.3) is 5.91 Å². The highest BCUT2D eigenvalue weighted by Crippen LogP contribution is 2.19. The topological polar surface area (TPSA) is 88.3 Å². The summed E-state index contributed by atoms with van der Waals surface area (Å²) in [6, 6.07) is 24.0. The van der Waals surface area contributed by atoms with Crippen LogP contribution in [0.25, 0.3) is 10.9 Å². The minimum Gasteiger partial charge on any atom is -0.463 e. The lowest BCUT2D eigenvalue weighted by atomic mass is 10.0. The van der Waals surface area contributed by atoms with E-state index in [1.54, 1.807) is 42.1 Å². The van der Waals surface area contributed by atoms with Crippen LogP contribution < -0.4 is 10.9 Å². The van der Waals surface area contributed by atoms with Crippen LogP contribution in [-0.2, 0) is 16.0 Å². The lowest BCUT2D eigenvalue weighted by Crippen LogP contribution is -2.43. The third-order valence-corrected chi connectivity index (χ3v) is 6.52. The molecule has 0 saturated carbocycles. The van der Waals surface area contributed by atoms with Gasteiger partial charge < -0.3 is 15.0 Å². The van der Waals surface area contributed by atoms with E-state index < -0.39 is 17.9 Å². The number of thioether (sulfide) groups is 1. The molecule has 0 aliphatic rings. The fourth-order valence-corrected chi connectivity index (χ4v) is 4.50. The quantitative estimate of drug-likeness (QED) is 0.192. The summed E-state index contributed by atoms with van der Waals surface area (Å²) in [5.41, 5.74) is 1.38. The monoisotopic (exact) mass is 506 g/mol. The number of halogens is 1. The minimum absolute atomic E-state index is 0.106. The second-order valence-corrected chi connectivity index (χ2v) is 9.38. The maximum absolute atomic E-state index is 13.0. The van der Waals surface area contributed by atoms with Gasteiger partial charge in [0.2, 0.25) is 5.56 Å². The van der Waals surface area contributed by atoms with E-state index in [9.17, 15) is 14.4 Å². The molecule has 1 atom stereocenters. The van der Waals surface area contributed by atoms with Gasteiger partial charge in [-0.15, -0.1) is 11.8 Å². The molecule has 6 nitrogen and oxygen atoms in total. The number of H-pyrrole nitrogens is 1. The van der Waals surface area contributed by atoms with Gasteiger partial charge >= 0.3 is 5.97 Å². The van der Waals surface area contributed by atoms with E-state index >= 15 is 0 Å². The summed E-state index contributed by atoms with van der Waals surface area (Å²) in [6.07, 6.45) is 0.106. The number of ether oxygens (including phenoxy) is 1. The molecular weight excluding hydrogens is 484 g/mol. The van der Waals surface area contributed by atoms with Crippen molar-refractivity contribution in [2.45, 2.75) is 17.4 Å². The number of carbonyl (C=O) groups is 2. The average molecular weight is 507 g/mol. The highest BCUT2D eigenvalue weighted by atomic mass is 35.5. The smallest absolute Gasteiger partial charge is 0.329 e. The number of benzene rings is 3. The second-order valence-electron chi connectivity index (χ2n) is 7.77. The summed E-state index contributed by atoms with van der Waals surface area (Å²) in [4.78, 5) is 42.0. The Morgan fingerprint density at radius 3 is 2.46 bits per heavy atom. The van der Waals surface area contributed by atoms with Crippen molar-refractivity contribution in [2.24, 2.45) is 0 Å². The van der Waals surface area contributed by atoms with Gasteiger partial charge in [-0.3, -0.25) is 9.59 Å². The Morgan fingerprint density at radius 1 is 0.971 bits per heavy atom. The van der Waals surface area contributed by atoms with Gasteiger partial charge in [0.05, 0.1) is 0 Å². The summed E-state index contributed by atoms with van der Waals surface area (Å²) in [5, 5.41) is 4.07. The van der Waals surface area contributed by atoms with Gasteiger partial charge in [-0.1, -0.05) is 48.0 Å². The second kappa shape index (κ2) is 11.7. The van der Waals surface area contributed by atoms with Crippen molar-refractivity contribution in [3.8, 4) is 0 Å². The standard InChI is InChI=1S/C27H23ClN2O4S/c28-20-12-10-18(11-13-20)26(32)30-24(27(33)34-14-15-35-21-6-2-1-3-7-21)16-19-17-25(31)29-23-9-5-4-8-22(19)23/h1-13,17,24H,14-16H2,(H,29,31)(H,30,32)/t24-/m0/s1. The third kappa shape index (κ3) is 6.74. The molecule has 0 radical (unpaired) electrons. The molecule has 0 unspecified atom stereocenters. The first-order valence-corrected chi connectivity index (χ1v) is 12.4. The summed E-state index contributed by atoms with van der Waals surface area (Å²) in [6.45, 7) is 0.182. The van der Waals surface area contributed by atoms with Gasteiger partial charge in [-0.2, -0.15) is 0 Å². The van der Waals surface area contributed by atoms with Gasteiger partial charge in [0.1, 0.15) is 12.6 Å². The van der Waals surface area contributed by atoms with Gasteiger partial charge in [-0.05, 0) is 48.0 Å². The van der Waals surface area contributed by atoms with Crippen molar-refractivity contribution in [2.75, 3.05) is 12.4 Å². The molecule has 3 aromatic carbocycles. The van der Waals surface area contributed by atoms with Gasteiger partial charge in [-0.25, -0.2) is 4.79 Å². The van der Waals surface area contributed by atoms with Crippen molar-refractivity contribution >= 4 is 46.1 Å². The molecule has 0 fully saturated rings. The number of amides is 1. The number of hydrogen-bond donors (Lipinski definition) is 2. The van der Waals surface area contributed by atoms with E-state index in [0.29, 0.717) is 27.4 Å². The molecular formula is C27H23ClN2O4S. The summed E-state index contributed by atoms with van der Waals surface area (Å²) >= 11 is 7.50. The Labute approximate surface area is 211 Å². The Balaban J connectivity index is 1.51. The summed E-state index contributed by atoms with van der Waals surface area (Å²) < 4.78 is 5.51. The molecule has 1 aromatic heterocycles. The number of para-hydroxylation sites is 1. The Kier molecular flexibility index (Phi) is 8.23. The molecule has 35 heavy (non-hydrogen) atoms. The average Bonchev–Trinajstić information content (AvgIpc) is 2.87. The highest BCUT2D eigenvalue weighted by Gasteiger charge is 2.24. The van der Waals surface area contributed by atoms with Gasteiger partial charge in [0, 0.05) is 44.6 Å². The first kappa shape index (κ1) is 24.6. The third-order valence-electron chi connectivity index (χ3n) is 5.30. The van der Waals surface area contributed by atoms with Crippen LogP contribution in [0.15, 0.2) is 94.6 Å². The Morgan fingerprint density at radius 2 is 1.69 bits per heavy atom. The highest BCUT2D eigenvalue weighted by molar-refractivity contribution is 7.99. The number of aromatic nitrogens is 1. The predicted octanol–water partition coefficient (Wildman–Crippen LogP) is 4.86. The molecule has 8 heteroatoms. The normalized spacial score (nSPS) is 11.7. The number of nitrogens with one attached hydrogen (secondary N) is 2. The molecule has 4 aromatic rings. The maximum atomic E-state index is 13.0. The molecule has 0 aliphatic heterocycles. The number of pyridine rings is 1. The molecule has 178 valence electrons. The Bertz CT molecular complexity index is 1370. The van der Waals surface area contributed by atoms with Crippen molar-refractivity contribution in [3.05, 3.63) is 111 Å². The number of hydrogen-bond acceptors (Lipinski definition) is 5. The predicted molar refractivity (Wildman–Crippen MR) is 139 cm³/mol. The number of aromatic amines is 1. The van der Waals surface area contributed by atoms with Crippen molar-refractivity contribution in [1.29, 1.82) is 0 Å². The van der Waals surface area contributed by atoms with E-state index in [2.05, 4.69) is 10.3 Å². The number of rotatable bonds is 9. The fourth-order valence-electron chi connectivity index (χ4n) is 3.62. The first-order chi connectivity index (χ1) is 17.0. The number of carbonyl (C=O) groups excluding carboxylic acids is 2. The lowest BCUT2D eigenvalue weighted by molar-refractivity contribution is -0.145. The van der Waals surface area contributed by atoms with Gasteiger partial charge in [0.15, 0.2) is 0 Å². The van der Waals surface area contributed by atoms with Crippen LogP contribution in [0.3, 0.4) is 0 Å². The zero-order chi connectivity index (χ0) is 24.6. The van der Waals surface area contributed by atoms with Crippen LogP contribution in [0.5, 0.6) is 0 Å². The van der Waals surface area contributed by atoms with Crippen LogP contribution in [0.1, 0.15) is 15.9 Å². The summed E-state index contributed by atoms with van der Waals surface area (Å²) in [7, 11) is 0. The van der Waals surface area contributed by atoms with Crippen LogP contribution in [0.2, 0.25) is 5.02 Å². The molecule has 4 rings (SSSR count). The van der Waals surface area contributed by atoms with Crippen molar-refractivity contribution in [1.82, 2.24) is 10.3 Å². The van der Waals surface area contributed by atoms with Crippen molar-refractivity contribution in [3.63, 3.8) is 0 Å². The van der Waals surface area contributed by atoms with Crippen LogP contribution in [0, 0.1) is 0 Å². The molecule has 0 bridgehead atoms. The molecule has 1 amide bonds. The first-order valence-electron chi connectivity index (χ1n) is 11.0. The Hall–Kier alpha value is -3.55. The zero-order valence-electron chi connectivity index (χ0n) is 18.7. The summed E-state index contributed by atoms with van der Waals surface area (Å²) in [5.74, 6) is -0.427. The molecule has 1 heterocycles. The molecule has 0 saturated heterocycles. The zero-order valence-corrected chi connectivity index (χ0v) is 20.3. The molecule has 0 spiro atoms. The number of fused-ring (bicyclic) bond motifs is 1. The minimum atomic E-state index is -0.981. The van der Waals surface area contributed by atoms with Crippen molar-refractivity contribution < 1.29 is 14.3 Å².